The molecule has 2 nitrogen and oxygen atoms in total. The lowest BCUT2D eigenvalue weighted by atomic mass is 10.3. The molecule has 1 aromatic carbocycles. The van der Waals surface area contributed by atoms with E-state index in [0.717, 1.165) is 22.6 Å². The lowest BCUT2D eigenvalue weighted by molar-refractivity contribution is 0.305. The normalized spacial score (nSPS) is 9.95. The number of thiophene rings is 1. The molecule has 5 heteroatoms. The molecule has 20 heavy (non-hydrogen) atoms. The summed E-state index contributed by atoms with van der Waals surface area (Å²) >= 11 is 1.48. The molecule has 0 aliphatic rings. The molecule has 2 aromatic rings. The van der Waals surface area contributed by atoms with Crippen molar-refractivity contribution in [3.8, 4) is 17.6 Å². The molecule has 0 aliphatic carbocycles. The predicted molar refractivity (Wildman–Crippen MR) is 73.6 cm³/mol. The van der Waals surface area contributed by atoms with Crippen molar-refractivity contribution >= 4 is 11.3 Å². The minimum atomic E-state index is -0.927. The first kappa shape index (κ1) is 14.5. The van der Waals surface area contributed by atoms with Crippen molar-refractivity contribution in [1.82, 2.24) is 0 Å². The lowest BCUT2D eigenvalue weighted by Crippen LogP contribution is -1.94. The Morgan fingerprint density at radius 2 is 2.05 bits per heavy atom. The summed E-state index contributed by atoms with van der Waals surface area (Å²) in [6, 6.07) is 5.30. The molecular formula is C15H12F2O2S. The summed E-state index contributed by atoms with van der Waals surface area (Å²) in [6.07, 6.45) is 0.441. The van der Waals surface area contributed by atoms with Gasteiger partial charge in [-0.2, -0.15) is 0 Å². The third-order valence-electron chi connectivity index (χ3n) is 2.40. The van der Waals surface area contributed by atoms with E-state index >= 15 is 0 Å². The van der Waals surface area contributed by atoms with Gasteiger partial charge in [-0.3, -0.25) is 0 Å². The quantitative estimate of drug-likeness (QED) is 0.876. The van der Waals surface area contributed by atoms with Crippen LogP contribution in [0.5, 0.6) is 5.75 Å². The van der Waals surface area contributed by atoms with Crippen molar-refractivity contribution in [2.24, 2.45) is 0 Å². The number of hydrogen-bond acceptors (Lipinski definition) is 3. The highest BCUT2D eigenvalue weighted by molar-refractivity contribution is 7.10. The molecule has 0 saturated carbocycles. The number of hydrogen-bond donors (Lipinski definition) is 1. The first-order valence-electron chi connectivity index (χ1n) is 5.94. The second kappa shape index (κ2) is 7.04. The van der Waals surface area contributed by atoms with E-state index in [9.17, 15) is 8.78 Å². The Labute approximate surface area is 119 Å². The minimum Gasteiger partial charge on any atom is -0.488 e. The van der Waals surface area contributed by atoms with Gasteiger partial charge >= 0.3 is 0 Å². The van der Waals surface area contributed by atoms with Crippen LogP contribution in [-0.4, -0.2) is 11.7 Å². The molecule has 0 bridgehead atoms. The second-order valence-electron chi connectivity index (χ2n) is 3.94. The summed E-state index contributed by atoms with van der Waals surface area (Å²) in [4.78, 5) is 0.933. The molecule has 0 atom stereocenters. The molecule has 1 N–H and O–H groups in total. The summed E-state index contributed by atoms with van der Waals surface area (Å²) in [5.41, 5.74) is 0.854. The summed E-state index contributed by atoms with van der Waals surface area (Å²) in [7, 11) is 0. The van der Waals surface area contributed by atoms with Crippen LogP contribution < -0.4 is 4.74 Å². The van der Waals surface area contributed by atoms with Crippen LogP contribution in [0, 0.1) is 23.5 Å². The average Bonchev–Trinajstić information content (AvgIpc) is 2.88. The first-order valence-corrected chi connectivity index (χ1v) is 6.82. The second-order valence-corrected chi connectivity index (χ2v) is 4.94. The zero-order chi connectivity index (χ0) is 14.4. The van der Waals surface area contributed by atoms with E-state index in [4.69, 9.17) is 9.84 Å². The number of aliphatic hydroxyl groups excluding tert-OH is 1. The van der Waals surface area contributed by atoms with E-state index in [1.165, 1.54) is 17.4 Å². The smallest absolute Gasteiger partial charge is 0.162 e. The lowest BCUT2D eigenvalue weighted by Gasteiger charge is -2.04. The van der Waals surface area contributed by atoms with Crippen LogP contribution in [0.25, 0.3) is 0 Å². The van der Waals surface area contributed by atoms with Crippen molar-refractivity contribution in [2.75, 3.05) is 6.61 Å². The fourth-order valence-corrected chi connectivity index (χ4v) is 2.19. The van der Waals surface area contributed by atoms with E-state index in [-0.39, 0.29) is 19.0 Å². The highest BCUT2D eigenvalue weighted by Crippen LogP contribution is 2.19. The molecule has 0 spiro atoms. The molecule has 1 aromatic heterocycles. The Morgan fingerprint density at radius 3 is 2.80 bits per heavy atom. The fourth-order valence-electron chi connectivity index (χ4n) is 1.46. The zero-order valence-corrected chi connectivity index (χ0v) is 11.3. The monoisotopic (exact) mass is 294 g/mol. The molecule has 0 aliphatic heterocycles. The van der Waals surface area contributed by atoms with Crippen molar-refractivity contribution in [3.05, 3.63) is 51.7 Å². The van der Waals surface area contributed by atoms with Crippen LogP contribution >= 0.6 is 11.3 Å². The van der Waals surface area contributed by atoms with Crippen LogP contribution in [0.4, 0.5) is 8.78 Å². The van der Waals surface area contributed by atoms with E-state index in [1.54, 1.807) is 0 Å². The van der Waals surface area contributed by atoms with Gasteiger partial charge in [-0.15, -0.1) is 11.3 Å². The third kappa shape index (κ3) is 4.05. The van der Waals surface area contributed by atoms with E-state index in [0.29, 0.717) is 6.42 Å². The summed E-state index contributed by atoms with van der Waals surface area (Å²) in [5, 5.41) is 10.5. The maximum Gasteiger partial charge on any atom is 0.162 e. The Morgan fingerprint density at radius 1 is 1.20 bits per heavy atom. The molecule has 0 saturated heterocycles. The van der Waals surface area contributed by atoms with Crippen molar-refractivity contribution in [2.45, 2.75) is 13.0 Å². The summed E-state index contributed by atoms with van der Waals surface area (Å²) < 4.78 is 31.1. The molecule has 0 amide bonds. The van der Waals surface area contributed by atoms with Gasteiger partial charge in [0.05, 0.1) is 6.61 Å². The molecular weight excluding hydrogens is 282 g/mol. The van der Waals surface area contributed by atoms with Gasteiger partial charge in [0, 0.05) is 28.3 Å². The van der Waals surface area contributed by atoms with Gasteiger partial charge in [-0.05, 0) is 18.2 Å². The Hall–Kier alpha value is -1.90. The van der Waals surface area contributed by atoms with Crippen LogP contribution in [0.1, 0.15) is 16.9 Å². The van der Waals surface area contributed by atoms with E-state index in [1.807, 2.05) is 11.4 Å². The average molecular weight is 294 g/mol. The predicted octanol–water partition coefficient (Wildman–Crippen LogP) is 3.34. The number of ether oxygens (including phenoxy) is 1. The maximum atomic E-state index is 13.0. The summed E-state index contributed by atoms with van der Waals surface area (Å²) in [5.74, 6) is 4.21. The van der Waals surface area contributed by atoms with Crippen molar-refractivity contribution in [3.63, 3.8) is 0 Å². The van der Waals surface area contributed by atoms with Crippen LogP contribution in [-0.2, 0) is 6.61 Å². The minimum absolute atomic E-state index is 0.0449. The van der Waals surface area contributed by atoms with Gasteiger partial charge in [0.15, 0.2) is 11.6 Å². The zero-order valence-electron chi connectivity index (χ0n) is 10.5. The molecule has 0 unspecified atom stereocenters. The first-order chi connectivity index (χ1) is 9.69. The highest BCUT2D eigenvalue weighted by atomic mass is 32.1. The van der Waals surface area contributed by atoms with Crippen LogP contribution in [0.15, 0.2) is 29.6 Å². The molecule has 104 valence electrons. The van der Waals surface area contributed by atoms with Gasteiger partial charge in [-0.1, -0.05) is 11.8 Å². The largest absolute Gasteiger partial charge is 0.488 e. The Balaban J connectivity index is 1.94. The molecule has 0 fully saturated rings. The standard InChI is InChI=1S/C15H12F2O2S/c16-14-5-4-12(8-15(14)17)19-9-13-7-11(10-20-13)3-1-2-6-18/h4-5,7-8,10,18H,2,6,9H2. The van der Waals surface area contributed by atoms with E-state index in [2.05, 4.69) is 11.8 Å². The molecule has 1 heterocycles. The van der Waals surface area contributed by atoms with Gasteiger partial charge < -0.3 is 9.84 Å². The number of rotatable bonds is 4. The van der Waals surface area contributed by atoms with Gasteiger partial charge in [0.1, 0.15) is 12.4 Å². The Bertz CT molecular complexity index is 641. The molecule has 2 rings (SSSR count). The number of benzene rings is 1. The van der Waals surface area contributed by atoms with Crippen LogP contribution in [0.2, 0.25) is 0 Å². The van der Waals surface area contributed by atoms with E-state index < -0.39 is 11.6 Å². The summed E-state index contributed by atoms with van der Waals surface area (Å²) in [6.45, 7) is 0.320. The van der Waals surface area contributed by atoms with Crippen molar-refractivity contribution in [1.29, 1.82) is 0 Å². The Kier molecular flexibility index (Phi) is 5.10. The van der Waals surface area contributed by atoms with Gasteiger partial charge in [-0.25, -0.2) is 8.78 Å². The number of aliphatic hydroxyl groups is 1. The SMILES string of the molecule is OCCC#Cc1csc(COc2ccc(F)c(F)c2)c1. The topological polar surface area (TPSA) is 29.5 Å². The van der Waals surface area contributed by atoms with Crippen LogP contribution in [0.3, 0.4) is 0 Å². The highest BCUT2D eigenvalue weighted by Gasteiger charge is 2.04. The molecule has 0 radical (unpaired) electrons. The maximum absolute atomic E-state index is 13.0. The van der Waals surface area contributed by atoms with Gasteiger partial charge in [0.2, 0.25) is 0 Å². The third-order valence-corrected chi connectivity index (χ3v) is 3.31. The van der Waals surface area contributed by atoms with Gasteiger partial charge in [0.25, 0.3) is 0 Å². The fraction of sp³-hybridized carbons (Fsp3) is 0.200. The van der Waals surface area contributed by atoms with Crippen molar-refractivity contribution < 1.29 is 18.6 Å². The number of halogens is 2.